The Hall–Kier alpha value is -1.49. The maximum Gasteiger partial charge on any atom is 0.272 e. The third kappa shape index (κ3) is 2.61. The first kappa shape index (κ1) is 12.5. The molecule has 0 aromatic heterocycles. The summed E-state index contributed by atoms with van der Waals surface area (Å²) in [6, 6.07) is 4.28. The molecule has 0 aliphatic heterocycles. The molecule has 4 nitrogen and oxygen atoms in total. The fraction of sp³-hybridized carbons (Fsp3) is 0.571. The van der Waals surface area contributed by atoms with Crippen LogP contribution in [0.2, 0.25) is 0 Å². The van der Waals surface area contributed by atoms with Gasteiger partial charge in [0.15, 0.2) is 0 Å². The lowest BCUT2D eigenvalue weighted by Crippen LogP contribution is -2.33. The van der Waals surface area contributed by atoms with Crippen molar-refractivity contribution in [1.29, 1.82) is 0 Å². The van der Waals surface area contributed by atoms with Gasteiger partial charge in [-0.15, -0.1) is 0 Å². The minimum atomic E-state index is -0.551. The highest BCUT2D eigenvalue weighted by molar-refractivity contribution is 5.35. The van der Waals surface area contributed by atoms with Crippen LogP contribution in [0.15, 0.2) is 18.2 Å². The number of hydrogen-bond acceptors (Lipinski definition) is 3. The fourth-order valence-electron chi connectivity index (χ4n) is 3.58. The first-order valence-electron chi connectivity index (χ1n) is 6.79. The van der Waals surface area contributed by atoms with E-state index in [0.29, 0.717) is 18.2 Å². The third-order valence-electron chi connectivity index (χ3n) is 4.46. The van der Waals surface area contributed by atoms with Gasteiger partial charge in [0.25, 0.3) is 5.69 Å². The van der Waals surface area contributed by atoms with Crippen molar-refractivity contribution in [3.8, 4) is 0 Å². The number of non-ortho nitro benzene ring substituents is 1. The summed E-state index contributed by atoms with van der Waals surface area (Å²) in [6.07, 6.45) is 5.13. The van der Waals surface area contributed by atoms with Crippen molar-refractivity contribution < 1.29 is 9.31 Å². The zero-order valence-electron chi connectivity index (χ0n) is 10.6. The Labute approximate surface area is 111 Å². The highest BCUT2D eigenvalue weighted by Crippen LogP contribution is 2.44. The molecule has 0 spiro atoms. The van der Waals surface area contributed by atoms with E-state index in [1.54, 1.807) is 0 Å². The molecule has 2 saturated carbocycles. The number of benzene rings is 1. The lowest BCUT2D eigenvalue weighted by Gasteiger charge is -2.23. The van der Waals surface area contributed by atoms with E-state index < -0.39 is 10.7 Å². The van der Waals surface area contributed by atoms with Gasteiger partial charge in [-0.1, -0.05) is 6.42 Å². The van der Waals surface area contributed by atoms with Crippen LogP contribution in [0.25, 0.3) is 0 Å². The second-order valence-corrected chi connectivity index (χ2v) is 5.74. The maximum absolute atomic E-state index is 13.3. The molecule has 1 aromatic carbocycles. The van der Waals surface area contributed by atoms with Gasteiger partial charge in [0, 0.05) is 18.7 Å². The van der Waals surface area contributed by atoms with Crippen molar-refractivity contribution in [2.75, 3.05) is 0 Å². The lowest BCUT2D eigenvalue weighted by molar-refractivity contribution is -0.385. The molecule has 1 N–H and O–H groups in total. The molecule has 3 unspecified atom stereocenters. The SMILES string of the molecule is O=[N+]([O-])c1cc(F)cc(CNC2CC3CCC2C3)c1. The molecule has 3 rings (SSSR count). The number of halogens is 1. The quantitative estimate of drug-likeness (QED) is 0.671. The Balaban J connectivity index is 1.65. The summed E-state index contributed by atoms with van der Waals surface area (Å²) in [4.78, 5) is 10.1. The smallest absolute Gasteiger partial charge is 0.272 e. The van der Waals surface area contributed by atoms with Gasteiger partial charge in [0.2, 0.25) is 0 Å². The van der Waals surface area contributed by atoms with Gasteiger partial charge in [-0.3, -0.25) is 10.1 Å². The summed E-state index contributed by atoms with van der Waals surface area (Å²) in [6.45, 7) is 0.506. The monoisotopic (exact) mass is 264 g/mol. The highest BCUT2D eigenvalue weighted by Gasteiger charge is 2.38. The molecule has 2 aliphatic carbocycles. The average Bonchev–Trinajstić information content (AvgIpc) is 2.97. The molecule has 2 aliphatic rings. The predicted molar refractivity (Wildman–Crippen MR) is 69.1 cm³/mol. The van der Waals surface area contributed by atoms with Gasteiger partial charge < -0.3 is 5.32 Å². The van der Waals surface area contributed by atoms with Crippen LogP contribution < -0.4 is 5.32 Å². The van der Waals surface area contributed by atoms with Crippen LogP contribution in [-0.2, 0) is 6.54 Å². The maximum atomic E-state index is 13.3. The van der Waals surface area contributed by atoms with Crippen LogP contribution >= 0.6 is 0 Å². The summed E-state index contributed by atoms with van der Waals surface area (Å²) in [5.74, 6) is 1.05. The number of nitro benzene ring substituents is 1. The van der Waals surface area contributed by atoms with Crippen molar-refractivity contribution in [1.82, 2.24) is 5.32 Å². The molecule has 2 bridgehead atoms. The van der Waals surface area contributed by atoms with Crippen LogP contribution in [0.1, 0.15) is 31.2 Å². The summed E-state index contributed by atoms with van der Waals surface area (Å²) in [5, 5.41) is 14.1. The number of hydrogen-bond donors (Lipinski definition) is 1. The molecule has 102 valence electrons. The van der Waals surface area contributed by atoms with Crippen LogP contribution in [-0.4, -0.2) is 11.0 Å². The molecular weight excluding hydrogens is 247 g/mol. The lowest BCUT2D eigenvalue weighted by atomic mass is 9.95. The van der Waals surface area contributed by atoms with E-state index in [1.165, 1.54) is 37.8 Å². The predicted octanol–water partition coefficient (Wildman–Crippen LogP) is 3.01. The van der Waals surface area contributed by atoms with E-state index in [4.69, 9.17) is 0 Å². The number of fused-ring (bicyclic) bond motifs is 2. The Morgan fingerprint density at radius 1 is 1.32 bits per heavy atom. The van der Waals surface area contributed by atoms with Crippen molar-refractivity contribution >= 4 is 5.69 Å². The number of rotatable bonds is 4. The Morgan fingerprint density at radius 2 is 2.16 bits per heavy atom. The molecule has 0 amide bonds. The van der Waals surface area contributed by atoms with E-state index in [-0.39, 0.29) is 5.69 Å². The van der Waals surface area contributed by atoms with Crippen LogP contribution in [0.5, 0.6) is 0 Å². The third-order valence-corrected chi connectivity index (χ3v) is 4.46. The van der Waals surface area contributed by atoms with Crippen molar-refractivity contribution in [2.45, 2.75) is 38.3 Å². The minimum Gasteiger partial charge on any atom is -0.310 e. The largest absolute Gasteiger partial charge is 0.310 e. The van der Waals surface area contributed by atoms with Crippen molar-refractivity contribution in [2.24, 2.45) is 11.8 Å². The molecule has 0 radical (unpaired) electrons. The first-order chi connectivity index (χ1) is 9.11. The van der Waals surface area contributed by atoms with E-state index >= 15 is 0 Å². The summed E-state index contributed by atoms with van der Waals surface area (Å²) in [7, 11) is 0. The first-order valence-corrected chi connectivity index (χ1v) is 6.79. The summed E-state index contributed by atoms with van der Waals surface area (Å²) < 4.78 is 13.3. The topological polar surface area (TPSA) is 55.2 Å². The Kier molecular flexibility index (Phi) is 3.22. The summed E-state index contributed by atoms with van der Waals surface area (Å²) in [5.41, 5.74) is 0.471. The van der Waals surface area contributed by atoms with Gasteiger partial charge in [-0.2, -0.15) is 0 Å². The van der Waals surface area contributed by atoms with Gasteiger partial charge in [0.1, 0.15) is 5.82 Å². The molecule has 3 atom stereocenters. The Bertz CT molecular complexity index is 506. The van der Waals surface area contributed by atoms with Gasteiger partial charge >= 0.3 is 0 Å². The van der Waals surface area contributed by atoms with Gasteiger partial charge in [-0.05, 0) is 42.7 Å². The zero-order valence-corrected chi connectivity index (χ0v) is 10.6. The van der Waals surface area contributed by atoms with Crippen molar-refractivity contribution in [3.05, 3.63) is 39.7 Å². The van der Waals surface area contributed by atoms with Gasteiger partial charge in [0.05, 0.1) is 11.0 Å². The summed E-state index contributed by atoms with van der Waals surface area (Å²) >= 11 is 0. The normalized spacial score (nSPS) is 28.8. The molecule has 1 aromatic rings. The Morgan fingerprint density at radius 3 is 2.79 bits per heavy atom. The second kappa shape index (κ2) is 4.89. The molecular formula is C14H17FN2O2. The number of nitrogens with one attached hydrogen (secondary N) is 1. The number of nitrogens with zero attached hydrogens (tertiary/aromatic N) is 1. The average molecular weight is 264 g/mol. The van der Waals surface area contributed by atoms with E-state index in [1.807, 2.05) is 0 Å². The van der Waals surface area contributed by atoms with Crippen LogP contribution in [0.4, 0.5) is 10.1 Å². The van der Waals surface area contributed by atoms with E-state index in [2.05, 4.69) is 5.32 Å². The fourth-order valence-corrected chi connectivity index (χ4v) is 3.58. The standard InChI is InChI=1S/C14H17FN2O2/c15-12-4-10(5-13(7-12)17(18)19)8-16-14-6-9-1-2-11(14)3-9/h4-5,7,9,11,14,16H,1-3,6,8H2. The van der Waals surface area contributed by atoms with E-state index in [0.717, 1.165) is 17.9 Å². The number of nitro groups is 1. The second-order valence-electron chi connectivity index (χ2n) is 5.74. The molecule has 5 heteroatoms. The zero-order chi connectivity index (χ0) is 13.4. The van der Waals surface area contributed by atoms with Gasteiger partial charge in [-0.25, -0.2) is 4.39 Å². The van der Waals surface area contributed by atoms with Crippen molar-refractivity contribution in [3.63, 3.8) is 0 Å². The molecule has 0 heterocycles. The van der Waals surface area contributed by atoms with Crippen LogP contribution in [0, 0.1) is 27.8 Å². The molecule has 19 heavy (non-hydrogen) atoms. The highest BCUT2D eigenvalue weighted by atomic mass is 19.1. The molecule has 2 fully saturated rings. The van der Waals surface area contributed by atoms with Crippen LogP contribution in [0.3, 0.4) is 0 Å². The van der Waals surface area contributed by atoms with E-state index in [9.17, 15) is 14.5 Å². The minimum absolute atomic E-state index is 0.176. The molecule has 0 saturated heterocycles.